The van der Waals surface area contributed by atoms with Crippen molar-refractivity contribution in [3.05, 3.63) is 34.9 Å². The number of fused-ring (bicyclic) bond motifs is 1. The molecule has 3 nitrogen and oxygen atoms in total. The van der Waals surface area contributed by atoms with Crippen molar-refractivity contribution >= 4 is 17.5 Å². The van der Waals surface area contributed by atoms with E-state index in [1.807, 2.05) is 24.3 Å². The van der Waals surface area contributed by atoms with Crippen molar-refractivity contribution in [1.82, 2.24) is 10.6 Å². The molecule has 2 fully saturated rings. The van der Waals surface area contributed by atoms with E-state index in [1.54, 1.807) is 0 Å². The van der Waals surface area contributed by atoms with Gasteiger partial charge in [0.2, 0.25) is 5.91 Å². The summed E-state index contributed by atoms with van der Waals surface area (Å²) in [6, 6.07) is 7.60. The minimum absolute atomic E-state index is 0.0270. The molecular weight excluding hydrogens is 236 g/mol. The van der Waals surface area contributed by atoms with Crippen LogP contribution >= 0.6 is 11.6 Å². The van der Waals surface area contributed by atoms with Crippen molar-refractivity contribution in [1.29, 1.82) is 0 Å². The number of benzene rings is 1. The average molecular weight is 251 g/mol. The molecule has 1 aromatic rings. The standard InChI is InChI=1S/C13H15ClN2O/c14-10-3-1-2-8(4-10)6-16-13(17)12-11-5-9(11)7-15-12/h1-4,9,11-12,15H,5-7H2,(H,16,17)/t9-,11-,12+/m1/s1. The lowest BCUT2D eigenvalue weighted by Crippen LogP contribution is -2.42. The number of nitrogens with one attached hydrogen (secondary N) is 2. The fraction of sp³-hybridized carbons (Fsp3) is 0.462. The zero-order valence-electron chi connectivity index (χ0n) is 9.45. The van der Waals surface area contributed by atoms with E-state index in [1.165, 1.54) is 6.42 Å². The molecule has 3 atom stereocenters. The Labute approximate surface area is 106 Å². The molecule has 2 N–H and O–H groups in total. The van der Waals surface area contributed by atoms with Gasteiger partial charge in [-0.1, -0.05) is 23.7 Å². The normalized spacial score (nSPS) is 29.8. The highest BCUT2D eigenvalue weighted by Crippen LogP contribution is 2.44. The molecule has 0 bridgehead atoms. The van der Waals surface area contributed by atoms with Crippen LogP contribution in [0.2, 0.25) is 5.02 Å². The molecule has 0 aromatic heterocycles. The first-order valence-corrected chi connectivity index (χ1v) is 6.37. The molecule has 17 heavy (non-hydrogen) atoms. The lowest BCUT2D eigenvalue weighted by Gasteiger charge is -2.13. The van der Waals surface area contributed by atoms with Crippen molar-refractivity contribution in [2.75, 3.05) is 6.54 Å². The number of rotatable bonds is 3. The van der Waals surface area contributed by atoms with E-state index in [4.69, 9.17) is 11.6 Å². The summed E-state index contributed by atoms with van der Waals surface area (Å²) in [5.74, 6) is 1.45. The minimum Gasteiger partial charge on any atom is -0.351 e. The first kappa shape index (κ1) is 11.1. The molecule has 1 aliphatic carbocycles. The summed E-state index contributed by atoms with van der Waals surface area (Å²) in [5.41, 5.74) is 1.04. The number of carbonyl (C=O) groups excluding carboxylic acids is 1. The molecule has 3 rings (SSSR count). The third kappa shape index (κ3) is 2.31. The van der Waals surface area contributed by atoms with Gasteiger partial charge < -0.3 is 10.6 Å². The van der Waals surface area contributed by atoms with Gasteiger partial charge in [0.1, 0.15) is 0 Å². The van der Waals surface area contributed by atoms with Crippen molar-refractivity contribution in [2.45, 2.75) is 19.0 Å². The van der Waals surface area contributed by atoms with Crippen molar-refractivity contribution in [3.8, 4) is 0 Å². The number of piperidine rings is 1. The van der Waals surface area contributed by atoms with Gasteiger partial charge in [-0.3, -0.25) is 4.79 Å². The monoisotopic (exact) mass is 250 g/mol. The molecule has 0 spiro atoms. The Morgan fingerprint density at radius 2 is 2.41 bits per heavy atom. The largest absolute Gasteiger partial charge is 0.351 e. The predicted octanol–water partition coefficient (Wildman–Crippen LogP) is 1.56. The lowest BCUT2D eigenvalue weighted by atomic mass is 10.1. The number of hydrogen-bond donors (Lipinski definition) is 2. The summed E-state index contributed by atoms with van der Waals surface area (Å²) < 4.78 is 0. The van der Waals surface area contributed by atoms with Gasteiger partial charge in [-0.15, -0.1) is 0 Å². The van der Waals surface area contributed by atoms with Crippen LogP contribution in [0.25, 0.3) is 0 Å². The summed E-state index contributed by atoms with van der Waals surface area (Å²) in [6.07, 6.45) is 1.21. The zero-order valence-corrected chi connectivity index (χ0v) is 10.2. The lowest BCUT2D eigenvalue weighted by molar-refractivity contribution is -0.123. The van der Waals surface area contributed by atoms with Crippen LogP contribution in [0.4, 0.5) is 0 Å². The summed E-state index contributed by atoms with van der Waals surface area (Å²) in [4.78, 5) is 11.9. The molecule has 1 saturated heterocycles. The maximum atomic E-state index is 11.9. The van der Waals surface area contributed by atoms with E-state index in [-0.39, 0.29) is 11.9 Å². The van der Waals surface area contributed by atoms with Crippen LogP contribution in [-0.4, -0.2) is 18.5 Å². The molecule has 1 heterocycles. The molecule has 1 aromatic carbocycles. The van der Waals surface area contributed by atoms with E-state index < -0.39 is 0 Å². The Morgan fingerprint density at radius 1 is 1.53 bits per heavy atom. The van der Waals surface area contributed by atoms with Crippen LogP contribution < -0.4 is 10.6 Å². The van der Waals surface area contributed by atoms with Gasteiger partial charge in [0, 0.05) is 11.6 Å². The number of halogens is 1. The van der Waals surface area contributed by atoms with Crippen LogP contribution in [0.1, 0.15) is 12.0 Å². The molecular formula is C13H15ClN2O. The number of amides is 1. The Kier molecular flexibility index (Phi) is 2.81. The minimum atomic E-state index is 0.0270. The van der Waals surface area contributed by atoms with Crippen molar-refractivity contribution < 1.29 is 4.79 Å². The third-order valence-corrected chi connectivity index (χ3v) is 3.88. The fourth-order valence-corrected chi connectivity index (χ4v) is 2.79. The summed E-state index contributed by atoms with van der Waals surface area (Å²) >= 11 is 5.89. The second-order valence-electron chi connectivity index (χ2n) is 4.89. The van der Waals surface area contributed by atoms with E-state index in [9.17, 15) is 4.79 Å². The maximum absolute atomic E-state index is 11.9. The number of carbonyl (C=O) groups is 1. The van der Waals surface area contributed by atoms with Gasteiger partial charge in [0.05, 0.1) is 6.04 Å². The first-order valence-electron chi connectivity index (χ1n) is 5.99. The van der Waals surface area contributed by atoms with Crippen LogP contribution in [0.15, 0.2) is 24.3 Å². The van der Waals surface area contributed by atoms with Crippen LogP contribution in [0.3, 0.4) is 0 Å². The van der Waals surface area contributed by atoms with E-state index >= 15 is 0 Å². The van der Waals surface area contributed by atoms with Gasteiger partial charge in [0.15, 0.2) is 0 Å². The second kappa shape index (κ2) is 4.31. The van der Waals surface area contributed by atoms with Gasteiger partial charge >= 0.3 is 0 Å². The van der Waals surface area contributed by atoms with Crippen LogP contribution in [0.5, 0.6) is 0 Å². The molecule has 2 aliphatic rings. The molecule has 1 saturated carbocycles. The van der Waals surface area contributed by atoms with Gasteiger partial charge in [-0.25, -0.2) is 0 Å². The van der Waals surface area contributed by atoms with Crippen molar-refractivity contribution in [3.63, 3.8) is 0 Å². The van der Waals surface area contributed by atoms with Gasteiger partial charge in [-0.2, -0.15) is 0 Å². The predicted molar refractivity (Wildman–Crippen MR) is 66.7 cm³/mol. The van der Waals surface area contributed by atoms with Crippen LogP contribution in [-0.2, 0) is 11.3 Å². The smallest absolute Gasteiger partial charge is 0.237 e. The van der Waals surface area contributed by atoms with E-state index in [0.717, 1.165) is 18.0 Å². The first-order chi connectivity index (χ1) is 8.24. The molecule has 0 radical (unpaired) electrons. The molecule has 4 heteroatoms. The Morgan fingerprint density at radius 3 is 3.06 bits per heavy atom. The quantitative estimate of drug-likeness (QED) is 0.855. The Hall–Kier alpha value is -1.06. The maximum Gasteiger partial charge on any atom is 0.237 e. The highest BCUT2D eigenvalue weighted by Gasteiger charge is 2.50. The van der Waals surface area contributed by atoms with Crippen LogP contribution in [0, 0.1) is 11.8 Å². The zero-order chi connectivity index (χ0) is 11.8. The second-order valence-corrected chi connectivity index (χ2v) is 5.33. The summed E-state index contributed by atoms with van der Waals surface area (Å²) in [7, 11) is 0. The fourth-order valence-electron chi connectivity index (χ4n) is 2.58. The van der Waals surface area contributed by atoms with E-state index in [0.29, 0.717) is 17.5 Å². The molecule has 1 aliphatic heterocycles. The average Bonchev–Trinajstić information content (AvgIpc) is 2.98. The third-order valence-electron chi connectivity index (χ3n) is 3.64. The Bertz CT molecular complexity index is 449. The molecule has 90 valence electrons. The SMILES string of the molecule is O=C(NCc1cccc(Cl)c1)[C@H]1NC[C@H]2C[C@H]21. The van der Waals surface area contributed by atoms with Crippen molar-refractivity contribution in [2.24, 2.45) is 11.8 Å². The highest BCUT2D eigenvalue weighted by molar-refractivity contribution is 6.30. The summed E-state index contributed by atoms with van der Waals surface area (Å²) in [6.45, 7) is 1.55. The molecule has 0 unspecified atom stereocenters. The van der Waals surface area contributed by atoms with E-state index in [2.05, 4.69) is 10.6 Å². The molecule has 1 amide bonds. The topological polar surface area (TPSA) is 41.1 Å². The number of hydrogen-bond acceptors (Lipinski definition) is 2. The highest BCUT2D eigenvalue weighted by atomic mass is 35.5. The van der Waals surface area contributed by atoms with Gasteiger partial charge in [-0.05, 0) is 42.5 Å². The Balaban J connectivity index is 1.55. The summed E-state index contributed by atoms with van der Waals surface area (Å²) in [5, 5.41) is 6.94. The van der Waals surface area contributed by atoms with Gasteiger partial charge in [0.25, 0.3) is 0 Å².